The summed E-state index contributed by atoms with van der Waals surface area (Å²) >= 11 is 0. The highest BCUT2D eigenvalue weighted by Gasteiger charge is 2.18. The van der Waals surface area contributed by atoms with Gasteiger partial charge < -0.3 is 25.3 Å². The second-order valence-corrected chi connectivity index (χ2v) is 5.50. The van der Waals surface area contributed by atoms with Crippen molar-refractivity contribution >= 4 is 23.6 Å². The van der Waals surface area contributed by atoms with Crippen LogP contribution >= 0.6 is 0 Å². The normalized spacial score (nSPS) is 10.0. The van der Waals surface area contributed by atoms with Crippen molar-refractivity contribution < 1.29 is 29.0 Å². The minimum Gasteiger partial charge on any atom is -0.477 e. The van der Waals surface area contributed by atoms with Gasteiger partial charge in [-0.3, -0.25) is 0 Å². The number of esters is 2. The second-order valence-electron chi connectivity index (χ2n) is 5.50. The van der Waals surface area contributed by atoms with Crippen LogP contribution in [0.25, 0.3) is 5.65 Å². The molecule has 2 heterocycles. The molecule has 0 spiro atoms. The van der Waals surface area contributed by atoms with Crippen molar-refractivity contribution in [2.45, 2.75) is 6.54 Å². The number of methoxy groups -OCH3 is 2. The molecule has 0 aliphatic carbocycles. The summed E-state index contributed by atoms with van der Waals surface area (Å²) in [6, 6.07) is 8.01. The quantitative estimate of drug-likeness (QED) is 0.525. The molecule has 4 N–H and O–H groups in total. The molecule has 1 aromatic carbocycles. The van der Waals surface area contributed by atoms with E-state index in [1.165, 1.54) is 13.3 Å². The van der Waals surface area contributed by atoms with E-state index in [2.05, 4.69) is 19.4 Å². The van der Waals surface area contributed by atoms with Crippen molar-refractivity contribution in [2.24, 2.45) is 5.73 Å². The van der Waals surface area contributed by atoms with Crippen molar-refractivity contribution in [3.05, 3.63) is 69.5 Å². The molecule has 2 aromatic heterocycles. The number of nitrogens with two attached hydrogens (primary N) is 1. The standard InChI is InChI=1S/C9H7N3O5.C9H11NO2/c1-17-8(15)5-2-4(7(13)14)11-6-3-10-9(16)12(5)6;1-12-9(11)8-4-2-7(6-10)3-5-8/h2-3H,1H3,(H,10,16)(H,13,14);2-5H,6,10H2,1H3. The molecule has 0 amide bonds. The summed E-state index contributed by atoms with van der Waals surface area (Å²) in [5.74, 6) is -2.44. The number of aromatic nitrogens is 3. The Kier molecular flexibility index (Phi) is 6.82. The summed E-state index contributed by atoms with van der Waals surface area (Å²) in [7, 11) is 2.49. The van der Waals surface area contributed by atoms with Crippen LogP contribution in [0.4, 0.5) is 0 Å². The summed E-state index contributed by atoms with van der Waals surface area (Å²) in [6.07, 6.45) is 1.21. The highest BCUT2D eigenvalue weighted by Crippen LogP contribution is 2.07. The first-order chi connectivity index (χ1) is 13.8. The van der Waals surface area contributed by atoms with Crippen molar-refractivity contribution in [3.8, 4) is 0 Å². The fraction of sp³-hybridized carbons (Fsp3) is 0.167. The van der Waals surface area contributed by atoms with Crippen LogP contribution in [-0.2, 0) is 16.0 Å². The van der Waals surface area contributed by atoms with Gasteiger partial charge in [0, 0.05) is 18.8 Å². The van der Waals surface area contributed by atoms with E-state index in [4.69, 9.17) is 10.8 Å². The lowest BCUT2D eigenvalue weighted by atomic mass is 10.1. The fourth-order valence-electron chi connectivity index (χ4n) is 2.28. The largest absolute Gasteiger partial charge is 0.477 e. The molecule has 11 heteroatoms. The number of aromatic amines is 1. The van der Waals surface area contributed by atoms with E-state index >= 15 is 0 Å². The fourth-order valence-corrected chi connectivity index (χ4v) is 2.28. The van der Waals surface area contributed by atoms with Gasteiger partial charge in [-0.2, -0.15) is 0 Å². The van der Waals surface area contributed by atoms with Gasteiger partial charge in [-0.15, -0.1) is 0 Å². The smallest absolute Gasteiger partial charge is 0.355 e. The number of rotatable bonds is 4. The molecule has 3 aromatic rings. The molecule has 0 saturated heterocycles. The number of fused-ring (bicyclic) bond motifs is 1. The van der Waals surface area contributed by atoms with Crippen LogP contribution in [0, 0.1) is 0 Å². The van der Waals surface area contributed by atoms with Gasteiger partial charge in [-0.25, -0.2) is 28.6 Å². The third-order valence-electron chi connectivity index (χ3n) is 3.73. The lowest BCUT2D eigenvalue weighted by Gasteiger charge is -2.03. The molecule has 0 aliphatic heterocycles. The Hall–Kier alpha value is -3.99. The molecule has 0 saturated carbocycles. The van der Waals surface area contributed by atoms with Crippen LogP contribution < -0.4 is 11.4 Å². The van der Waals surface area contributed by atoms with Crippen LogP contribution in [0.3, 0.4) is 0 Å². The van der Waals surface area contributed by atoms with Gasteiger partial charge in [-0.05, 0) is 17.7 Å². The molecule has 0 radical (unpaired) electrons. The Morgan fingerprint density at radius 3 is 2.28 bits per heavy atom. The van der Waals surface area contributed by atoms with E-state index in [1.54, 1.807) is 12.1 Å². The summed E-state index contributed by atoms with van der Waals surface area (Å²) < 4.78 is 9.95. The van der Waals surface area contributed by atoms with Crippen LogP contribution in [0.1, 0.15) is 36.9 Å². The SMILES string of the molecule is COC(=O)c1cc(C(=O)O)nc2c[nH]c(=O)n12.COC(=O)c1ccc(CN)cc1. The summed E-state index contributed by atoms with van der Waals surface area (Å²) in [6.45, 7) is 0.488. The molecule has 0 aliphatic rings. The maximum atomic E-state index is 11.4. The monoisotopic (exact) mass is 402 g/mol. The number of ether oxygens (including phenoxy) is 2. The van der Waals surface area contributed by atoms with Crippen molar-refractivity contribution in [3.63, 3.8) is 0 Å². The predicted molar refractivity (Wildman–Crippen MR) is 99.8 cm³/mol. The summed E-state index contributed by atoms with van der Waals surface area (Å²) in [4.78, 5) is 50.6. The highest BCUT2D eigenvalue weighted by molar-refractivity contribution is 5.93. The molecule has 0 bridgehead atoms. The topological polar surface area (TPSA) is 166 Å². The number of hydrogen-bond donors (Lipinski definition) is 3. The molecule has 11 nitrogen and oxygen atoms in total. The Bertz CT molecular complexity index is 1100. The third kappa shape index (κ3) is 4.84. The van der Waals surface area contributed by atoms with Gasteiger partial charge in [0.1, 0.15) is 5.69 Å². The first-order valence-electron chi connectivity index (χ1n) is 8.12. The molecule has 0 unspecified atom stereocenters. The lowest BCUT2D eigenvalue weighted by Crippen LogP contribution is -2.20. The summed E-state index contributed by atoms with van der Waals surface area (Å²) in [5.41, 5.74) is 5.85. The number of carboxylic acid groups (broad SMARTS) is 1. The van der Waals surface area contributed by atoms with E-state index in [-0.39, 0.29) is 23.0 Å². The molecule has 3 rings (SSSR count). The molecule has 0 atom stereocenters. The average molecular weight is 402 g/mol. The maximum absolute atomic E-state index is 11.4. The average Bonchev–Trinajstić information content (AvgIpc) is 3.13. The zero-order valence-electron chi connectivity index (χ0n) is 15.5. The van der Waals surface area contributed by atoms with Gasteiger partial charge in [-0.1, -0.05) is 12.1 Å². The van der Waals surface area contributed by atoms with Crippen molar-refractivity contribution in [1.82, 2.24) is 14.4 Å². The number of benzene rings is 1. The Balaban J connectivity index is 0.000000221. The van der Waals surface area contributed by atoms with Crippen molar-refractivity contribution in [2.75, 3.05) is 14.2 Å². The number of nitrogens with one attached hydrogen (secondary N) is 1. The Morgan fingerprint density at radius 2 is 1.76 bits per heavy atom. The Labute approximate surface area is 163 Å². The number of nitrogens with zero attached hydrogens (tertiary/aromatic N) is 2. The van der Waals surface area contributed by atoms with E-state index in [9.17, 15) is 19.2 Å². The number of H-pyrrole nitrogens is 1. The highest BCUT2D eigenvalue weighted by atomic mass is 16.5. The number of imidazole rings is 1. The number of carbonyl (C=O) groups is 3. The zero-order valence-corrected chi connectivity index (χ0v) is 15.5. The zero-order chi connectivity index (χ0) is 21.6. The summed E-state index contributed by atoms with van der Waals surface area (Å²) in [5, 5.41) is 8.82. The number of carbonyl (C=O) groups excluding carboxylic acids is 2. The molecule has 0 fully saturated rings. The van der Waals surface area contributed by atoms with Crippen LogP contribution in [0.5, 0.6) is 0 Å². The van der Waals surface area contributed by atoms with E-state index in [0.717, 1.165) is 23.1 Å². The number of carboxylic acids is 1. The van der Waals surface area contributed by atoms with Crippen LogP contribution in [0.2, 0.25) is 0 Å². The molecular weight excluding hydrogens is 384 g/mol. The minimum atomic E-state index is -1.30. The van der Waals surface area contributed by atoms with Gasteiger partial charge in [0.05, 0.1) is 19.8 Å². The molecule has 152 valence electrons. The Morgan fingerprint density at radius 1 is 1.14 bits per heavy atom. The second kappa shape index (κ2) is 9.28. The van der Waals surface area contributed by atoms with Gasteiger partial charge in [0.25, 0.3) is 0 Å². The molecule has 29 heavy (non-hydrogen) atoms. The third-order valence-corrected chi connectivity index (χ3v) is 3.73. The first kappa shape index (κ1) is 21.3. The minimum absolute atomic E-state index is 0.0373. The van der Waals surface area contributed by atoms with Crippen molar-refractivity contribution in [1.29, 1.82) is 0 Å². The predicted octanol–water partition coefficient (Wildman–Crippen LogP) is 0.439. The van der Waals surface area contributed by atoms with Gasteiger partial charge >= 0.3 is 23.6 Å². The molecular formula is C18H18N4O7. The van der Waals surface area contributed by atoms with Gasteiger partial charge in [0.15, 0.2) is 11.3 Å². The first-order valence-corrected chi connectivity index (χ1v) is 8.12. The number of aromatic carboxylic acids is 1. The van der Waals surface area contributed by atoms with E-state index in [1.807, 2.05) is 12.1 Å². The van der Waals surface area contributed by atoms with Gasteiger partial charge in [0.2, 0.25) is 0 Å². The number of hydrogen-bond acceptors (Lipinski definition) is 8. The lowest BCUT2D eigenvalue weighted by molar-refractivity contribution is 0.0586. The van der Waals surface area contributed by atoms with Crippen LogP contribution in [-0.4, -0.2) is 51.6 Å². The van der Waals surface area contributed by atoms with E-state index in [0.29, 0.717) is 12.1 Å². The maximum Gasteiger partial charge on any atom is 0.355 e. The van der Waals surface area contributed by atoms with E-state index < -0.39 is 17.6 Å². The van der Waals surface area contributed by atoms with Crippen LogP contribution in [0.15, 0.2) is 41.3 Å².